The smallest absolute Gasteiger partial charge is 0.120 e. The van der Waals surface area contributed by atoms with Gasteiger partial charge in [-0.05, 0) is 25.1 Å². The highest BCUT2D eigenvalue weighted by Crippen LogP contribution is 2.12. The van der Waals surface area contributed by atoms with Gasteiger partial charge in [-0.1, -0.05) is 17.9 Å². The Morgan fingerprint density at radius 2 is 2.29 bits per heavy atom. The van der Waals surface area contributed by atoms with Crippen molar-refractivity contribution in [1.82, 2.24) is 0 Å². The molecule has 0 radical (unpaired) electrons. The zero-order chi connectivity index (χ0) is 10.2. The molecule has 0 bridgehead atoms. The van der Waals surface area contributed by atoms with Gasteiger partial charge in [0.05, 0.1) is 6.61 Å². The Balaban J connectivity index is 2.69. The van der Waals surface area contributed by atoms with E-state index in [2.05, 4.69) is 11.8 Å². The molecule has 0 heterocycles. The van der Waals surface area contributed by atoms with Gasteiger partial charge in [-0.25, -0.2) is 0 Å². The van der Waals surface area contributed by atoms with Gasteiger partial charge < -0.3 is 10.5 Å². The van der Waals surface area contributed by atoms with Crippen LogP contribution in [0.4, 0.5) is 0 Å². The fraction of sp³-hybridized carbons (Fsp3) is 0.333. The van der Waals surface area contributed by atoms with Crippen molar-refractivity contribution in [2.45, 2.75) is 13.3 Å². The van der Waals surface area contributed by atoms with Crippen molar-refractivity contribution in [3.63, 3.8) is 0 Å². The highest BCUT2D eigenvalue weighted by molar-refractivity contribution is 5.39. The lowest BCUT2D eigenvalue weighted by atomic mass is 10.2. The van der Waals surface area contributed by atoms with Gasteiger partial charge in [0, 0.05) is 18.5 Å². The molecule has 14 heavy (non-hydrogen) atoms. The lowest BCUT2D eigenvalue weighted by Crippen LogP contribution is -1.95. The topological polar surface area (TPSA) is 35.2 Å². The molecule has 0 saturated carbocycles. The molecule has 1 aromatic carbocycles. The molecule has 0 saturated heterocycles. The Labute approximate surface area is 85.1 Å². The summed E-state index contributed by atoms with van der Waals surface area (Å²) in [4.78, 5) is 0. The summed E-state index contributed by atoms with van der Waals surface area (Å²) in [5.41, 5.74) is 6.32. The maximum Gasteiger partial charge on any atom is 0.120 e. The van der Waals surface area contributed by atoms with Crippen LogP contribution >= 0.6 is 0 Å². The minimum absolute atomic E-state index is 0.609. The third kappa shape index (κ3) is 3.51. The first-order valence-electron chi connectivity index (χ1n) is 4.78. The predicted octanol–water partition coefficient (Wildman–Crippen LogP) is 1.79. The van der Waals surface area contributed by atoms with E-state index in [1.54, 1.807) is 0 Å². The summed E-state index contributed by atoms with van der Waals surface area (Å²) in [6.45, 7) is 3.25. The van der Waals surface area contributed by atoms with Crippen LogP contribution in [0.5, 0.6) is 5.75 Å². The van der Waals surface area contributed by atoms with E-state index in [1.807, 2.05) is 31.2 Å². The van der Waals surface area contributed by atoms with Crippen LogP contribution in [0.3, 0.4) is 0 Å². The highest BCUT2D eigenvalue weighted by atomic mass is 16.5. The van der Waals surface area contributed by atoms with Crippen LogP contribution in [-0.4, -0.2) is 13.2 Å². The largest absolute Gasteiger partial charge is 0.494 e. The average Bonchev–Trinajstić information content (AvgIpc) is 2.19. The fourth-order valence-electron chi connectivity index (χ4n) is 1.07. The second kappa shape index (κ2) is 6.06. The molecule has 2 nitrogen and oxygen atoms in total. The Morgan fingerprint density at radius 3 is 3.00 bits per heavy atom. The second-order valence-corrected chi connectivity index (χ2v) is 2.80. The van der Waals surface area contributed by atoms with Crippen molar-refractivity contribution in [3.05, 3.63) is 29.8 Å². The third-order valence-electron chi connectivity index (χ3n) is 1.65. The summed E-state index contributed by atoms with van der Waals surface area (Å²) < 4.78 is 5.36. The molecule has 0 atom stereocenters. The van der Waals surface area contributed by atoms with Crippen molar-refractivity contribution < 1.29 is 4.74 Å². The molecule has 74 valence electrons. The second-order valence-electron chi connectivity index (χ2n) is 2.80. The number of rotatable bonds is 3. The van der Waals surface area contributed by atoms with Crippen LogP contribution in [0.1, 0.15) is 18.9 Å². The van der Waals surface area contributed by atoms with Crippen LogP contribution < -0.4 is 10.5 Å². The van der Waals surface area contributed by atoms with E-state index in [0.29, 0.717) is 13.2 Å². The number of hydrogen-bond donors (Lipinski definition) is 1. The molecule has 0 aliphatic rings. The zero-order valence-electron chi connectivity index (χ0n) is 8.42. The Morgan fingerprint density at radius 1 is 1.43 bits per heavy atom. The van der Waals surface area contributed by atoms with Gasteiger partial charge in [0.25, 0.3) is 0 Å². The van der Waals surface area contributed by atoms with E-state index in [4.69, 9.17) is 10.5 Å². The molecule has 2 N–H and O–H groups in total. The molecule has 0 aliphatic carbocycles. The molecule has 2 heteroatoms. The molecule has 0 aliphatic heterocycles. The first-order valence-corrected chi connectivity index (χ1v) is 4.78. The number of benzene rings is 1. The predicted molar refractivity (Wildman–Crippen MR) is 58.2 cm³/mol. The molecular formula is C12H15NO. The van der Waals surface area contributed by atoms with Gasteiger partial charge in [0.1, 0.15) is 5.75 Å². The number of nitrogens with two attached hydrogens (primary N) is 1. The normalized spacial score (nSPS) is 9.00. The summed E-state index contributed by atoms with van der Waals surface area (Å²) in [5, 5.41) is 0. The van der Waals surface area contributed by atoms with Gasteiger partial charge in [0.15, 0.2) is 0 Å². The number of hydrogen-bond acceptors (Lipinski definition) is 2. The molecular weight excluding hydrogens is 174 g/mol. The SMILES string of the molecule is CCOc1cccc(C#CCCN)c1. The number of ether oxygens (including phenoxy) is 1. The van der Waals surface area contributed by atoms with Gasteiger partial charge in [-0.2, -0.15) is 0 Å². The molecule has 0 fully saturated rings. The molecule has 1 aromatic rings. The molecule has 0 amide bonds. The summed E-state index contributed by atoms with van der Waals surface area (Å²) in [6.07, 6.45) is 0.735. The monoisotopic (exact) mass is 189 g/mol. The standard InChI is InChI=1S/C12H15NO/c1-2-14-12-8-5-7-11(10-12)6-3-4-9-13/h5,7-8,10H,2,4,9,13H2,1H3. The Bertz CT molecular complexity index is 336. The van der Waals surface area contributed by atoms with E-state index in [-0.39, 0.29) is 0 Å². The van der Waals surface area contributed by atoms with E-state index in [0.717, 1.165) is 17.7 Å². The van der Waals surface area contributed by atoms with Crippen LogP contribution in [-0.2, 0) is 0 Å². The van der Waals surface area contributed by atoms with Gasteiger partial charge >= 0.3 is 0 Å². The Hall–Kier alpha value is -1.46. The van der Waals surface area contributed by atoms with E-state index in [1.165, 1.54) is 0 Å². The quantitative estimate of drug-likeness (QED) is 0.736. The average molecular weight is 189 g/mol. The van der Waals surface area contributed by atoms with Crippen LogP contribution in [0, 0.1) is 11.8 Å². The van der Waals surface area contributed by atoms with Gasteiger partial charge in [-0.15, -0.1) is 0 Å². The summed E-state index contributed by atoms with van der Waals surface area (Å²) in [7, 11) is 0. The van der Waals surface area contributed by atoms with E-state index in [9.17, 15) is 0 Å². The summed E-state index contributed by atoms with van der Waals surface area (Å²) in [5.74, 6) is 6.89. The highest BCUT2D eigenvalue weighted by Gasteiger charge is 1.91. The van der Waals surface area contributed by atoms with Crippen molar-refractivity contribution in [1.29, 1.82) is 0 Å². The molecule has 0 aromatic heterocycles. The van der Waals surface area contributed by atoms with Crippen LogP contribution in [0.2, 0.25) is 0 Å². The van der Waals surface area contributed by atoms with Crippen molar-refractivity contribution >= 4 is 0 Å². The van der Waals surface area contributed by atoms with Crippen molar-refractivity contribution in [3.8, 4) is 17.6 Å². The Kier molecular flexibility index (Phi) is 4.60. The minimum Gasteiger partial charge on any atom is -0.494 e. The van der Waals surface area contributed by atoms with Gasteiger partial charge in [-0.3, -0.25) is 0 Å². The maximum absolute atomic E-state index is 5.36. The summed E-state index contributed by atoms with van der Waals surface area (Å²) >= 11 is 0. The van der Waals surface area contributed by atoms with Crippen LogP contribution in [0.15, 0.2) is 24.3 Å². The third-order valence-corrected chi connectivity index (χ3v) is 1.65. The zero-order valence-corrected chi connectivity index (χ0v) is 8.42. The fourth-order valence-corrected chi connectivity index (χ4v) is 1.07. The molecule has 0 spiro atoms. The molecule has 0 unspecified atom stereocenters. The van der Waals surface area contributed by atoms with Gasteiger partial charge in [0.2, 0.25) is 0 Å². The lowest BCUT2D eigenvalue weighted by Gasteiger charge is -2.01. The van der Waals surface area contributed by atoms with E-state index >= 15 is 0 Å². The maximum atomic E-state index is 5.36. The van der Waals surface area contributed by atoms with Crippen molar-refractivity contribution in [2.24, 2.45) is 5.73 Å². The lowest BCUT2D eigenvalue weighted by molar-refractivity contribution is 0.340. The molecule has 1 rings (SSSR count). The summed E-state index contributed by atoms with van der Waals surface area (Å²) in [6, 6.07) is 7.77. The van der Waals surface area contributed by atoms with E-state index < -0.39 is 0 Å². The minimum atomic E-state index is 0.609. The first-order chi connectivity index (χ1) is 6.86. The first kappa shape index (κ1) is 10.6. The van der Waals surface area contributed by atoms with Crippen LogP contribution in [0.25, 0.3) is 0 Å². The van der Waals surface area contributed by atoms with Crippen molar-refractivity contribution in [2.75, 3.05) is 13.2 Å².